The summed E-state index contributed by atoms with van der Waals surface area (Å²) in [5.74, 6) is 0.00310. The van der Waals surface area contributed by atoms with Gasteiger partial charge in [-0.05, 0) is 49.6 Å². The lowest BCUT2D eigenvalue weighted by molar-refractivity contribution is 0.105. The molecule has 0 saturated carbocycles. The summed E-state index contributed by atoms with van der Waals surface area (Å²) in [6, 6.07) is 9.69. The highest BCUT2D eigenvalue weighted by molar-refractivity contribution is 7.92. The minimum atomic E-state index is -3.79. The average Bonchev–Trinajstić information content (AvgIpc) is 3.28. The molecule has 0 atom stereocenters. The maximum Gasteiger partial charge on any atom is 0.264 e. The predicted molar refractivity (Wildman–Crippen MR) is 105 cm³/mol. The normalized spacial score (nSPS) is 11.6. The predicted octanol–water partition coefficient (Wildman–Crippen LogP) is 3.96. The van der Waals surface area contributed by atoms with Crippen LogP contribution in [0.5, 0.6) is 0 Å². The van der Waals surface area contributed by atoms with Crippen LogP contribution in [0.1, 0.15) is 20.9 Å². The number of anilines is 2. The Balaban J connectivity index is 1.65. The van der Waals surface area contributed by atoms with Crippen LogP contribution in [0.2, 0.25) is 0 Å². The number of carbonyl (C=O) groups is 1. The van der Waals surface area contributed by atoms with Crippen LogP contribution in [0.25, 0.3) is 0 Å². The number of allylic oxidation sites excluding steroid dienone is 1. The number of rotatable bonds is 7. The number of hydrogen-bond donors (Lipinski definition) is 2. The fourth-order valence-corrected chi connectivity index (χ4v) is 3.83. The van der Waals surface area contributed by atoms with E-state index in [2.05, 4.69) is 15.2 Å². The highest BCUT2D eigenvalue weighted by Gasteiger charge is 2.19. The van der Waals surface area contributed by atoms with Gasteiger partial charge in [0.25, 0.3) is 10.0 Å². The fourth-order valence-electron chi connectivity index (χ4n) is 2.14. The van der Waals surface area contributed by atoms with Crippen LogP contribution in [0.3, 0.4) is 0 Å². The summed E-state index contributed by atoms with van der Waals surface area (Å²) in [5.41, 5.74) is 1.91. The number of nitrogens with zero attached hydrogens (tertiary/aromatic N) is 1. The Morgan fingerprint density at radius 3 is 2.52 bits per heavy atom. The quantitative estimate of drug-likeness (QED) is 0.457. The average molecular weight is 403 g/mol. The molecule has 0 fully saturated rings. The molecule has 2 N–H and O–H groups in total. The maximum absolute atomic E-state index is 12.4. The highest BCUT2D eigenvalue weighted by Crippen LogP contribution is 2.22. The lowest BCUT2D eigenvalue weighted by Gasteiger charge is -2.07. The Morgan fingerprint density at radius 2 is 1.93 bits per heavy atom. The SMILES string of the molecule is Cc1noc(NS(=O)(=O)c2ccc(NC=CC(=O)c3cccs3)cc2)c1C. The first-order valence-corrected chi connectivity index (χ1v) is 10.3. The van der Waals surface area contributed by atoms with E-state index in [0.29, 0.717) is 21.8 Å². The van der Waals surface area contributed by atoms with E-state index >= 15 is 0 Å². The van der Waals surface area contributed by atoms with Crippen LogP contribution in [0, 0.1) is 13.8 Å². The van der Waals surface area contributed by atoms with Crippen LogP contribution >= 0.6 is 11.3 Å². The van der Waals surface area contributed by atoms with Crippen molar-refractivity contribution in [3.05, 3.63) is 70.2 Å². The van der Waals surface area contributed by atoms with Gasteiger partial charge in [-0.2, -0.15) is 0 Å². The van der Waals surface area contributed by atoms with Gasteiger partial charge in [-0.1, -0.05) is 11.2 Å². The third kappa shape index (κ3) is 4.44. The van der Waals surface area contributed by atoms with E-state index in [1.165, 1.54) is 35.7 Å². The minimum absolute atomic E-state index is 0.0835. The van der Waals surface area contributed by atoms with Crippen LogP contribution in [-0.4, -0.2) is 19.4 Å². The van der Waals surface area contributed by atoms with Gasteiger partial charge in [-0.15, -0.1) is 11.3 Å². The lowest BCUT2D eigenvalue weighted by Crippen LogP contribution is -2.13. The van der Waals surface area contributed by atoms with Crippen molar-refractivity contribution in [3.63, 3.8) is 0 Å². The number of aromatic nitrogens is 1. The molecule has 0 unspecified atom stereocenters. The lowest BCUT2D eigenvalue weighted by atomic mass is 10.3. The Kier molecular flexibility index (Phi) is 5.43. The summed E-state index contributed by atoms with van der Waals surface area (Å²) in [6.07, 6.45) is 2.94. The van der Waals surface area contributed by atoms with E-state index in [1.807, 2.05) is 11.4 Å². The standard InChI is InChI=1S/C18H17N3O4S2/c1-12-13(2)20-25-18(12)21-27(23,24)15-7-5-14(6-8-15)19-10-9-16(22)17-4-3-11-26-17/h3-11,19,21H,1-2H3. The molecule has 1 aromatic carbocycles. The second-order valence-electron chi connectivity index (χ2n) is 5.67. The fraction of sp³-hybridized carbons (Fsp3) is 0.111. The van der Waals surface area contributed by atoms with E-state index in [0.717, 1.165) is 0 Å². The zero-order valence-corrected chi connectivity index (χ0v) is 16.2. The van der Waals surface area contributed by atoms with E-state index in [1.54, 1.807) is 32.0 Å². The number of aryl methyl sites for hydroxylation is 1. The molecule has 7 nitrogen and oxygen atoms in total. The molecule has 27 heavy (non-hydrogen) atoms. The monoisotopic (exact) mass is 403 g/mol. The van der Waals surface area contributed by atoms with Gasteiger partial charge in [0.1, 0.15) is 0 Å². The van der Waals surface area contributed by atoms with Crippen molar-refractivity contribution in [2.24, 2.45) is 0 Å². The van der Waals surface area contributed by atoms with E-state index in [9.17, 15) is 13.2 Å². The Bertz CT molecular complexity index is 1070. The number of nitrogens with one attached hydrogen (secondary N) is 2. The molecule has 0 bridgehead atoms. The third-order valence-corrected chi connectivity index (χ3v) is 6.03. The molecule has 0 radical (unpaired) electrons. The zero-order valence-electron chi connectivity index (χ0n) is 14.6. The number of ketones is 1. The highest BCUT2D eigenvalue weighted by atomic mass is 32.2. The number of sulfonamides is 1. The molecule has 140 valence electrons. The molecule has 3 aromatic rings. The third-order valence-electron chi connectivity index (χ3n) is 3.80. The minimum Gasteiger partial charge on any atom is -0.362 e. The molecule has 0 spiro atoms. The Hall–Kier alpha value is -2.91. The second-order valence-corrected chi connectivity index (χ2v) is 8.30. The van der Waals surface area contributed by atoms with E-state index in [-0.39, 0.29) is 16.6 Å². The van der Waals surface area contributed by atoms with E-state index < -0.39 is 10.0 Å². The summed E-state index contributed by atoms with van der Waals surface area (Å²) in [7, 11) is -3.79. The topological polar surface area (TPSA) is 101 Å². The molecule has 0 aliphatic carbocycles. The smallest absolute Gasteiger partial charge is 0.264 e. The van der Waals surface area contributed by atoms with Crippen LogP contribution in [-0.2, 0) is 10.0 Å². The van der Waals surface area contributed by atoms with Crippen molar-refractivity contribution in [2.75, 3.05) is 10.0 Å². The van der Waals surface area contributed by atoms with Crippen molar-refractivity contribution in [1.82, 2.24) is 5.16 Å². The number of thiophene rings is 1. The maximum atomic E-state index is 12.4. The van der Waals surface area contributed by atoms with Gasteiger partial charge >= 0.3 is 0 Å². The largest absolute Gasteiger partial charge is 0.362 e. The summed E-state index contributed by atoms with van der Waals surface area (Å²) < 4.78 is 32.2. The van der Waals surface area contributed by atoms with Gasteiger partial charge < -0.3 is 9.84 Å². The molecular weight excluding hydrogens is 386 g/mol. The van der Waals surface area contributed by atoms with Crippen LogP contribution in [0.15, 0.2) is 63.5 Å². The van der Waals surface area contributed by atoms with Crippen molar-refractivity contribution >= 4 is 38.7 Å². The number of carbonyl (C=O) groups excluding carboxylic acids is 1. The first-order chi connectivity index (χ1) is 12.9. The summed E-state index contributed by atoms with van der Waals surface area (Å²) in [4.78, 5) is 12.6. The van der Waals surface area contributed by atoms with Crippen LogP contribution in [0.4, 0.5) is 11.6 Å². The van der Waals surface area contributed by atoms with Gasteiger partial charge in [0.05, 0.1) is 15.5 Å². The van der Waals surface area contributed by atoms with Gasteiger partial charge in [0.2, 0.25) is 5.88 Å². The van der Waals surface area contributed by atoms with Gasteiger partial charge in [0, 0.05) is 23.5 Å². The number of benzene rings is 1. The second kappa shape index (κ2) is 7.77. The number of hydrogen-bond acceptors (Lipinski definition) is 7. The molecule has 2 aromatic heterocycles. The first-order valence-electron chi connectivity index (χ1n) is 7.93. The van der Waals surface area contributed by atoms with Gasteiger partial charge in [-0.25, -0.2) is 13.1 Å². The van der Waals surface area contributed by atoms with E-state index in [4.69, 9.17) is 4.52 Å². The van der Waals surface area contributed by atoms with Gasteiger partial charge in [-0.3, -0.25) is 4.79 Å². The molecule has 0 saturated heterocycles. The zero-order chi connectivity index (χ0) is 19.4. The molecule has 3 rings (SSSR count). The molecule has 0 aliphatic rings. The molecule has 2 heterocycles. The van der Waals surface area contributed by atoms with Gasteiger partial charge in [0.15, 0.2) is 5.78 Å². The van der Waals surface area contributed by atoms with Crippen molar-refractivity contribution < 1.29 is 17.7 Å². The molecule has 0 amide bonds. The summed E-state index contributed by atoms with van der Waals surface area (Å²) >= 11 is 1.37. The Labute approximate surface area is 160 Å². The molecular formula is C18H17N3O4S2. The van der Waals surface area contributed by atoms with Crippen molar-refractivity contribution in [1.29, 1.82) is 0 Å². The van der Waals surface area contributed by atoms with Crippen molar-refractivity contribution in [3.8, 4) is 0 Å². The summed E-state index contributed by atoms with van der Waals surface area (Å²) in [6.45, 7) is 3.45. The van der Waals surface area contributed by atoms with Crippen molar-refractivity contribution in [2.45, 2.75) is 18.7 Å². The molecule has 9 heteroatoms. The Morgan fingerprint density at radius 1 is 1.19 bits per heavy atom. The van der Waals surface area contributed by atoms with Crippen LogP contribution < -0.4 is 10.0 Å². The first kappa shape index (κ1) is 18.9. The summed E-state index contributed by atoms with van der Waals surface area (Å²) in [5, 5.41) is 8.50. The molecule has 0 aliphatic heterocycles.